The lowest BCUT2D eigenvalue weighted by Gasteiger charge is -2.23. The normalized spacial score (nSPS) is 18.6. The predicted octanol–water partition coefficient (Wildman–Crippen LogP) is 3.29. The van der Waals surface area contributed by atoms with E-state index in [1.807, 2.05) is 17.2 Å². The molecule has 2 heterocycles. The number of hydrogen-bond acceptors (Lipinski definition) is 3. The Morgan fingerprint density at radius 3 is 3.19 bits per heavy atom. The Kier molecular flexibility index (Phi) is 4.19. The number of benzene rings is 1. The first kappa shape index (κ1) is 14.4. The summed E-state index contributed by atoms with van der Waals surface area (Å²) in [6, 6.07) is 6.34. The molecule has 0 spiro atoms. The Morgan fingerprint density at radius 1 is 1.52 bits per heavy atom. The van der Waals surface area contributed by atoms with E-state index in [0.717, 1.165) is 42.0 Å². The summed E-state index contributed by atoms with van der Waals surface area (Å²) < 4.78 is 0. The molecule has 3 rings (SSSR count). The highest BCUT2D eigenvalue weighted by molar-refractivity contribution is 7.98. The second-order valence-corrected chi connectivity index (χ2v) is 6.62. The van der Waals surface area contributed by atoms with E-state index >= 15 is 0 Å². The smallest absolute Gasteiger partial charge is 0.224 e. The van der Waals surface area contributed by atoms with Gasteiger partial charge in [-0.15, -0.1) is 0 Å². The Morgan fingerprint density at radius 2 is 2.38 bits per heavy atom. The van der Waals surface area contributed by atoms with Gasteiger partial charge >= 0.3 is 0 Å². The molecule has 2 aromatic rings. The number of likely N-dealkylation sites (tertiary alicyclic amines) is 1. The number of imidazole rings is 1. The molecule has 1 fully saturated rings. The van der Waals surface area contributed by atoms with Crippen molar-refractivity contribution in [3.8, 4) is 0 Å². The van der Waals surface area contributed by atoms with E-state index in [1.54, 1.807) is 11.8 Å². The first-order valence-electron chi connectivity index (χ1n) is 7.43. The van der Waals surface area contributed by atoms with Gasteiger partial charge in [-0.25, -0.2) is 4.98 Å². The molecule has 1 aliphatic rings. The number of aromatic nitrogens is 2. The number of rotatable bonds is 4. The van der Waals surface area contributed by atoms with Gasteiger partial charge in [0.25, 0.3) is 0 Å². The lowest BCUT2D eigenvalue weighted by Crippen LogP contribution is -2.31. The summed E-state index contributed by atoms with van der Waals surface area (Å²) in [6.07, 6.45) is 4.73. The maximum absolute atomic E-state index is 12.3. The molecular weight excluding hydrogens is 282 g/mol. The van der Waals surface area contributed by atoms with Crippen LogP contribution in [0.5, 0.6) is 0 Å². The summed E-state index contributed by atoms with van der Waals surface area (Å²) in [5, 5.41) is 0. The van der Waals surface area contributed by atoms with Crippen molar-refractivity contribution >= 4 is 28.7 Å². The molecule has 0 aliphatic carbocycles. The number of nitrogens with zero attached hydrogens (tertiary/aromatic N) is 2. The number of aromatic amines is 1. The van der Waals surface area contributed by atoms with Gasteiger partial charge in [-0.3, -0.25) is 4.79 Å². The van der Waals surface area contributed by atoms with Crippen LogP contribution in [0.25, 0.3) is 11.0 Å². The lowest BCUT2D eigenvalue weighted by molar-refractivity contribution is -0.131. The number of aryl methyl sites for hydroxylation is 1. The highest BCUT2D eigenvalue weighted by atomic mass is 32.2. The molecule has 1 aromatic heterocycles. The Hall–Kier alpha value is -1.49. The van der Waals surface area contributed by atoms with Crippen LogP contribution in [0.4, 0.5) is 0 Å². The summed E-state index contributed by atoms with van der Waals surface area (Å²) >= 11 is 1.72. The van der Waals surface area contributed by atoms with Crippen molar-refractivity contribution in [2.24, 2.45) is 0 Å². The van der Waals surface area contributed by atoms with Crippen molar-refractivity contribution in [1.29, 1.82) is 0 Å². The standard InChI is InChI=1S/C16H21N3OS/c1-11-5-6-12-13(10-11)18-16(17-12)14-4-3-8-19(14)15(20)7-9-21-2/h5-6,10,14H,3-4,7-9H2,1-2H3,(H,17,18)/t14-/m0/s1. The van der Waals surface area contributed by atoms with Crippen LogP contribution in [0.1, 0.15) is 36.7 Å². The van der Waals surface area contributed by atoms with Crippen molar-refractivity contribution in [2.75, 3.05) is 18.6 Å². The van der Waals surface area contributed by atoms with Gasteiger partial charge < -0.3 is 9.88 Å². The van der Waals surface area contributed by atoms with Gasteiger partial charge in [0.05, 0.1) is 17.1 Å². The SMILES string of the molecule is CSCCC(=O)N1CCC[C@H]1c1nc2ccc(C)cc2[nH]1. The summed E-state index contributed by atoms with van der Waals surface area (Å²) in [7, 11) is 0. The maximum Gasteiger partial charge on any atom is 0.224 e. The van der Waals surface area contributed by atoms with Crippen LogP contribution in [0, 0.1) is 6.92 Å². The molecule has 1 saturated heterocycles. The third-order valence-corrected chi connectivity index (χ3v) is 4.68. The van der Waals surface area contributed by atoms with E-state index in [0.29, 0.717) is 6.42 Å². The van der Waals surface area contributed by atoms with E-state index in [-0.39, 0.29) is 11.9 Å². The number of carbonyl (C=O) groups is 1. The van der Waals surface area contributed by atoms with Crippen LogP contribution in [-0.2, 0) is 4.79 Å². The average molecular weight is 303 g/mol. The van der Waals surface area contributed by atoms with Gasteiger partial charge in [-0.05, 0) is 43.7 Å². The molecule has 0 bridgehead atoms. The molecule has 21 heavy (non-hydrogen) atoms. The van der Waals surface area contributed by atoms with E-state index in [2.05, 4.69) is 24.0 Å². The number of hydrogen-bond donors (Lipinski definition) is 1. The van der Waals surface area contributed by atoms with Crippen LogP contribution in [0.3, 0.4) is 0 Å². The van der Waals surface area contributed by atoms with Gasteiger partial charge in [0, 0.05) is 18.7 Å². The van der Waals surface area contributed by atoms with E-state index in [9.17, 15) is 4.79 Å². The lowest BCUT2D eigenvalue weighted by atomic mass is 10.2. The van der Waals surface area contributed by atoms with E-state index in [4.69, 9.17) is 4.98 Å². The number of thioether (sulfide) groups is 1. The summed E-state index contributed by atoms with van der Waals surface area (Å²) in [4.78, 5) is 22.4. The maximum atomic E-state index is 12.3. The monoisotopic (exact) mass is 303 g/mol. The predicted molar refractivity (Wildman–Crippen MR) is 87.5 cm³/mol. The average Bonchev–Trinajstić information content (AvgIpc) is 3.09. The number of carbonyl (C=O) groups excluding carboxylic acids is 1. The van der Waals surface area contributed by atoms with E-state index in [1.165, 1.54) is 5.56 Å². The van der Waals surface area contributed by atoms with Crippen LogP contribution in [0.15, 0.2) is 18.2 Å². The fourth-order valence-electron chi connectivity index (χ4n) is 2.98. The summed E-state index contributed by atoms with van der Waals surface area (Å²) in [5.41, 5.74) is 3.27. The van der Waals surface area contributed by atoms with Gasteiger partial charge in [0.2, 0.25) is 5.91 Å². The van der Waals surface area contributed by atoms with Gasteiger partial charge in [-0.2, -0.15) is 11.8 Å². The quantitative estimate of drug-likeness (QED) is 0.943. The van der Waals surface area contributed by atoms with Crippen LogP contribution in [-0.4, -0.2) is 39.3 Å². The summed E-state index contributed by atoms with van der Waals surface area (Å²) in [5.74, 6) is 2.08. The van der Waals surface area contributed by atoms with Crippen LogP contribution in [0.2, 0.25) is 0 Å². The Labute approximate surface area is 129 Å². The zero-order valence-corrected chi connectivity index (χ0v) is 13.4. The number of fused-ring (bicyclic) bond motifs is 1. The van der Waals surface area contributed by atoms with E-state index < -0.39 is 0 Å². The second-order valence-electron chi connectivity index (χ2n) is 5.63. The van der Waals surface area contributed by atoms with Gasteiger partial charge in [-0.1, -0.05) is 6.07 Å². The molecule has 1 aliphatic heterocycles. The van der Waals surface area contributed by atoms with Crippen molar-refractivity contribution in [3.63, 3.8) is 0 Å². The third kappa shape index (κ3) is 2.93. The van der Waals surface area contributed by atoms with Crippen LogP contribution < -0.4 is 0 Å². The molecule has 0 unspecified atom stereocenters. The summed E-state index contributed by atoms with van der Waals surface area (Å²) in [6.45, 7) is 2.93. The fraction of sp³-hybridized carbons (Fsp3) is 0.500. The number of nitrogens with one attached hydrogen (secondary N) is 1. The van der Waals surface area contributed by atoms with Gasteiger partial charge in [0.15, 0.2) is 0 Å². The zero-order valence-electron chi connectivity index (χ0n) is 12.6. The molecular formula is C16H21N3OS. The Bertz CT molecular complexity index is 652. The molecule has 1 N–H and O–H groups in total. The molecule has 1 aromatic carbocycles. The third-order valence-electron chi connectivity index (χ3n) is 4.06. The minimum atomic E-state index is 0.118. The first-order valence-corrected chi connectivity index (χ1v) is 8.83. The second kappa shape index (κ2) is 6.10. The van der Waals surface area contributed by atoms with Crippen molar-refractivity contribution < 1.29 is 4.79 Å². The van der Waals surface area contributed by atoms with Crippen LogP contribution >= 0.6 is 11.8 Å². The number of amides is 1. The minimum absolute atomic E-state index is 0.118. The molecule has 4 nitrogen and oxygen atoms in total. The molecule has 1 amide bonds. The minimum Gasteiger partial charge on any atom is -0.340 e. The topological polar surface area (TPSA) is 49.0 Å². The van der Waals surface area contributed by atoms with Crippen molar-refractivity contribution in [3.05, 3.63) is 29.6 Å². The molecule has 112 valence electrons. The molecule has 5 heteroatoms. The largest absolute Gasteiger partial charge is 0.340 e. The Balaban J connectivity index is 1.84. The molecule has 1 atom stereocenters. The molecule has 0 saturated carbocycles. The fourth-order valence-corrected chi connectivity index (χ4v) is 3.36. The van der Waals surface area contributed by atoms with Crippen molar-refractivity contribution in [2.45, 2.75) is 32.2 Å². The highest BCUT2D eigenvalue weighted by Gasteiger charge is 2.31. The number of H-pyrrole nitrogens is 1. The van der Waals surface area contributed by atoms with Crippen molar-refractivity contribution in [1.82, 2.24) is 14.9 Å². The zero-order chi connectivity index (χ0) is 14.8. The first-order chi connectivity index (χ1) is 10.2. The highest BCUT2D eigenvalue weighted by Crippen LogP contribution is 2.32. The van der Waals surface area contributed by atoms with Gasteiger partial charge in [0.1, 0.15) is 5.82 Å². The molecule has 0 radical (unpaired) electrons.